The second kappa shape index (κ2) is 10.0. The molecule has 7 nitrogen and oxygen atoms in total. The Morgan fingerprint density at radius 3 is 2.57 bits per heavy atom. The summed E-state index contributed by atoms with van der Waals surface area (Å²) in [4.78, 5) is 16.7. The summed E-state index contributed by atoms with van der Waals surface area (Å²) < 4.78 is 7.51. The molecule has 0 fully saturated rings. The Kier molecular flexibility index (Phi) is 6.87. The number of nitrogens with one attached hydrogen (secondary N) is 1. The highest BCUT2D eigenvalue weighted by Crippen LogP contribution is 2.39. The number of carbonyl (C=O) groups is 1. The van der Waals surface area contributed by atoms with Gasteiger partial charge in [0.2, 0.25) is 0 Å². The number of carboxylic acids is 1. The van der Waals surface area contributed by atoms with Crippen LogP contribution in [0.4, 0.5) is 5.82 Å². The molecule has 2 aromatic carbocycles. The molecular weight excluding hydrogens is 440 g/mol. The number of carboxylic acid groups (broad SMARTS) is 1. The average molecular weight is 471 g/mol. The molecule has 2 heterocycles. The quantitative estimate of drug-likeness (QED) is 0.346. The molecule has 0 bridgehead atoms. The van der Waals surface area contributed by atoms with Gasteiger partial charge in [0.1, 0.15) is 11.6 Å². The van der Waals surface area contributed by atoms with Gasteiger partial charge in [-0.05, 0) is 62.2 Å². The third-order valence-electron chi connectivity index (χ3n) is 6.12. The molecule has 0 saturated heterocycles. The van der Waals surface area contributed by atoms with Crippen molar-refractivity contribution in [1.29, 1.82) is 0 Å². The molecule has 2 N–H and O–H groups in total. The summed E-state index contributed by atoms with van der Waals surface area (Å²) in [5, 5.41) is 17.6. The Morgan fingerprint density at radius 2 is 1.94 bits per heavy atom. The molecule has 180 valence electrons. The zero-order chi connectivity index (χ0) is 25.0. The molecule has 7 heteroatoms. The van der Waals surface area contributed by atoms with Crippen LogP contribution in [0.3, 0.4) is 0 Å². The Labute approximate surface area is 205 Å². The molecule has 2 aromatic heterocycles. The maximum atomic E-state index is 12.1. The molecule has 0 amide bonds. The van der Waals surface area contributed by atoms with Gasteiger partial charge in [-0.15, -0.1) is 0 Å². The van der Waals surface area contributed by atoms with Crippen LogP contribution in [0, 0.1) is 6.92 Å². The van der Waals surface area contributed by atoms with Gasteiger partial charge in [-0.2, -0.15) is 5.10 Å². The van der Waals surface area contributed by atoms with Gasteiger partial charge in [-0.3, -0.25) is 9.48 Å². The highest BCUT2D eigenvalue weighted by Gasteiger charge is 2.34. The minimum absolute atomic E-state index is 0.455. The van der Waals surface area contributed by atoms with Crippen molar-refractivity contribution in [3.63, 3.8) is 0 Å². The Morgan fingerprint density at radius 1 is 1.11 bits per heavy atom. The van der Waals surface area contributed by atoms with Crippen LogP contribution in [0.15, 0.2) is 73.2 Å². The molecule has 0 spiro atoms. The SMILES string of the molecule is COc1c(Cn2cccn2)cc(-c2ccc(NCc3cccc(C)c3)nc2)cc1C(C)(C)C(=O)O. The summed E-state index contributed by atoms with van der Waals surface area (Å²) in [6, 6.07) is 18.0. The largest absolute Gasteiger partial charge is 0.496 e. The van der Waals surface area contributed by atoms with Crippen molar-refractivity contribution in [3.05, 3.63) is 95.4 Å². The summed E-state index contributed by atoms with van der Waals surface area (Å²) in [7, 11) is 1.57. The zero-order valence-electron chi connectivity index (χ0n) is 20.4. The van der Waals surface area contributed by atoms with Crippen LogP contribution >= 0.6 is 0 Å². The fraction of sp³-hybridized carbons (Fsp3) is 0.250. The van der Waals surface area contributed by atoms with Crippen LogP contribution in [0.2, 0.25) is 0 Å². The van der Waals surface area contributed by atoms with E-state index >= 15 is 0 Å². The molecular formula is C28H30N4O3. The van der Waals surface area contributed by atoms with E-state index in [2.05, 4.69) is 40.5 Å². The zero-order valence-corrected chi connectivity index (χ0v) is 20.4. The molecule has 0 aliphatic heterocycles. The molecule has 0 radical (unpaired) electrons. The molecule has 0 aliphatic carbocycles. The summed E-state index contributed by atoms with van der Waals surface area (Å²) in [6.45, 7) is 6.58. The number of hydrogen-bond donors (Lipinski definition) is 2. The lowest BCUT2D eigenvalue weighted by atomic mass is 9.81. The summed E-state index contributed by atoms with van der Waals surface area (Å²) in [5.41, 5.74) is 4.47. The van der Waals surface area contributed by atoms with E-state index in [0.29, 0.717) is 24.4 Å². The molecule has 0 saturated carbocycles. The number of methoxy groups -OCH3 is 1. The van der Waals surface area contributed by atoms with Crippen LogP contribution in [0.25, 0.3) is 11.1 Å². The van der Waals surface area contributed by atoms with Crippen molar-refractivity contribution in [1.82, 2.24) is 14.8 Å². The first-order valence-electron chi connectivity index (χ1n) is 11.5. The van der Waals surface area contributed by atoms with Crippen molar-refractivity contribution < 1.29 is 14.6 Å². The number of aliphatic carboxylic acids is 1. The van der Waals surface area contributed by atoms with E-state index in [1.807, 2.05) is 42.6 Å². The van der Waals surface area contributed by atoms with E-state index in [-0.39, 0.29) is 0 Å². The number of anilines is 1. The van der Waals surface area contributed by atoms with Crippen LogP contribution in [0.1, 0.15) is 36.1 Å². The van der Waals surface area contributed by atoms with E-state index < -0.39 is 11.4 Å². The smallest absolute Gasteiger partial charge is 0.313 e. The van der Waals surface area contributed by atoms with Gasteiger partial charge in [0, 0.05) is 41.8 Å². The van der Waals surface area contributed by atoms with Crippen LogP contribution in [0.5, 0.6) is 5.75 Å². The van der Waals surface area contributed by atoms with E-state index in [9.17, 15) is 9.90 Å². The normalized spacial score (nSPS) is 11.3. The van der Waals surface area contributed by atoms with E-state index in [1.54, 1.807) is 38.0 Å². The van der Waals surface area contributed by atoms with E-state index in [1.165, 1.54) is 11.1 Å². The predicted octanol–water partition coefficient (Wildman–Crippen LogP) is 5.28. The van der Waals surface area contributed by atoms with Crippen LogP contribution in [-0.2, 0) is 23.3 Å². The fourth-order valence-electron chi connectivity index (χ4n) is 4.05. The number of rotatable bonds is 9. The number of aromatic nitrogens is 3. The van der Waals surface area contributed by atoms with Gasteiger partial charge >= 0.3 is 5.97 Å². The molecule has 35 heavy (non-hydrogen) atoms. The standard InChI is InChI=1S/C28H30N4O3/c1-19-7-5-8-20(13-19)16-29-25-10-9-21(17-30-25)22-14-23(18-32-12-6-11-31-32)26(35-4)24(15-22)28(2,3)27(33)34/h5-15,17H,16,18H2,1-4H3,(H,29,30)(H,33,34). The lowest BCUT2D eigenvalue weighted by molar-refractivity contribution is -0.142. The molecule has 4 rings (SSSR count). The highest BCUT2D eigenvalue weighted by atomic mass is 16.5. The van der Waals surface area contributed by atoms with Crippen molar-refractivity contribution in [3.8, 4) is 16.9 Å². The lowest BCUT2D eigenvalue weighted by Gasteiger charge is -2.25. The first-order chi connectivity index (χ1) is 16.8. The van der Waals surface area contributed by atoms with Crippen molar-refractivity contribution >= 4 is 11.8 Å². The van der Waals surface area contributed by atoms with Gasteiger partial charge in [-0.1, -0.05) is 29.8 Å². The van der Waals surface area contributed by atoms with Crippen LogP contribution in [-0.4, -0.2) is 33.0 Å². The lowest BCUT2D eigenvalue weighted by Crippen LogP contribution is -2.29. The van der Waals surface area contributed by atoms with Gasteiger partial charge < -0.3 is 15.2 Å². The Bertz CT molecular complexity index is 1310. The predicted molar refractivity (Wildman–Crippen MR) is 137 cm³/mol. The van der Waals surface area contributed by atoms with E-state index in [4.69, 9.17) is 4.74 Å². The number of benzene rings is 2. The van der Waals surface area contributed by atoms with Gasteiger partial charge in [-0.25, -0.2) is 4.98 Å². The number of pyridine rings is 1. The van der Waals surface area contributed by atoms with E-state index in [0.717, 1.165) is 22.5 Å². The minimum atomic E-state index is -1.15. The first-order valence-corrected chi connectivity index (χ1v) is 11.5. The summed E-state index contributed by atoms with van der Waals surface area (Å²) in [5.74, 6) is 0.402. The van der Waals surface area contributed by atoms with Crippen molar-refractivity contribution in [2.45, 2.75) is 39.3 Å². The van der Waals surface area contributed by atoms with Gasteiger partial charge in [0.25, 0.3) is 0 Å². The van der Waals surface area contributed by atoms with Gasteiger partial charge in [0.15, 0.2) is 0 Å². The van der Waals surface area contributed by atoms with Crippen molar-refractivity contribution in [2.75, 3.05) is 12.4 Å². The Hall–Kier alpha value is -4.13. The monoisotopic (exact) mass is 470 g/mol. The topological polar surface area (TPSA) is 89.3 Å². The second-order valence-electron chi connectivity index (χ2n) is 9.12. The molecule has 0 aliphatic rings. The Balaban J connectivity index is 1.68. The number of nitrogens with zero attached hydrogens (tertiary/aromatic N) is 3. The fourth-order valence-corrected chi connectivity index (χ4v) is 4.05. The van der Waals surface area contributed by atoms with Crippen LogP contribution < -0.4 is 10.1 Å². The summed E-state index contributed by atoms with van der Waals surface area (Å²) >= 11 is 0. The number of hydrogen-bond acceptors (Lipinski definition) is 5. The summed E-state index contributed by atoms with van der Waals surface area (Å²) in [6.07, 6.45) is 5.38. The number of aryl methyl sites for hydroxylation is 1. The molecule has 0 atom stereocenters. The van der Waals surface area contributed by atoms with Crippen molar-refractivity contribution in [2.24, 2.45) is 0 Å². The average Bonchev–Trinajstić information content (AvgIpc) is 3.35. The maximum Gasteiger partial charge on any atom is 0.313 e. The third-order valence-corrected chi connectivity index (χ3v) is 6.12. The number of ether oxygens (including phenoxy) is 1. The van der Waals surface area contributed by atoms with Gasteiger partial charge in [0.05, 0.1) is 19.1 Å². The molecule has 0 unspecified atom stereocenters. The first kappa shape index (κ1) is 24.0. The highest BCUT2D eigenvalue weighted by molar-refractivity contribution is 5.83. The third kappa shape index (κ3) is 5.35. The minimum Gasteiger partial charge on any atom is -0.496 e. The maximum absolute atomic E-state index is 12.1. The second-order valence-corrected chi connectivity index (χ2v) is 9.12. The molecule has 4 aromatic rings.